The number of hydrogen-bond donors (Lipinski definition) is 1. The number of nitrogens with zero attached hydrogens (tertiary/aromatic N) is 2. The van der Waals surface area contributed by atoms with Gasteiger partial charge in [0.2, 0.25) is 0 Å². The van der Waals surface area contributed by atoms with Crippen LogP contribution in [0.5, 0.6) is 0 Å². The molecule has 4 nitrogen and oxygen atoms in total. The number of ether oxygens (including phenoxy) is 1. The number of aromatic nitrogens is 2. The van der Waals surface area contributed by atoms with Gasteiger partial charge in [0, 0.05) is 25.0 Å². The molecule has 2 aromatic heterocycles. The number of fused-ring (bicyclic) bond motifs is 1. The third kappa shape index (κ3) is 2.47. The summed E-state index contributed by atoms with van der Waals surface area (Å²) in [7, 11) is 1.70. The van der Waals surface area contributed by atoms with Crippen LogP contribution in [0.2, 0.25) is 0 Å². The SMILES string of the molecule is CCNc1nc(CCOC)nc2sc(C)c(C)c12. The maximum atomic E-state index is 5.09. The standard InChI is InChI=1S/C13H19N3OS/c1-5-14-12-11-8(2)9(3)18-13(11)16-10(15-12)6-7-17-4/h5-7H2,1-4H3,(H,14,15,16). The lowest BCUT2D eigenvalue weighted by molar-refractivity contribution is 0.200. The third-order valence-electron chi connectivity index (χ3n) is 2.95. The zero-order chi connectivity index (χ0) is 13.1. The number of hydrogen-bond acceptors (Lipinski definition) is 5. The van der Waals surface area contributed by atoms with Crippen molar-refractivity contribution >= 4 is 27.4 Å². The molecule has 1 N–H and O–H groups in total. The molecule has 2 rings (SSSR count). The van der Waals surface area contributed by atoms with Crippen molar-refractivity contribution in [3.63, 3.8) is 0 Å². The Morgan fingerprint density at radius 3 is 2.72 bits per heavy atom. The molecule has 0 atom stereocenters. The van der Waals surface area contributed by atoms with Gasteiger partial charge in [0.05, 0.1) is 12.0 Å². The molecule has 18 heavy (non-hydrogen) atoms. The van der Waals surface area contributed by atoms with Gasteiger partial charge in [-0.1, -0.05) is 0 Å². The van der Waals surface area contributed by atoms with Crippen LogP contribution in [0.15, 0.2) is 0 Å². The molecule has 5 heteroatoms. The van der Waals surface area contributed by atoms with Gasteiger partial charge in [-0.2, -0.15) is 0 Å². The van der Waals surface area contributed by atoms with Gasteiger partial charge in [-0.05, 0) is 26.3 Å². The second kappa shape index (κ2) is 5.63. The van der Waals surface area contributed by atoms with Crippen LogP contribution in [-0.2, 0) is 11.2 Å². The fourth-order valence-corrected chi connectivity index (χ4v) is 2.94. The van der Waals surface area contributed by atoms with E-state index in [0.29, 0.717) is 6.61 Å². The van der Waals surface area contributed by atoms with Gasteiger partial charge in [0.15, 0.2) is 0 Å². The van der Waals surface area contributed by atoms with Crippen LogP contribution in [0.1, 0.15) is 23.2 Å². The zero-order valence-corrected chi connectivity index (χ0v) is 12.1. The summed E-state index contributed by atoms with van der Waals surface area (Å²) in [5, 5.41) is 4.50. The first-order chi connectivity index (χ1) is 8.67. The van der Waals surface area contributed by atoms with E-state index in [4.69, 9.17) is 4.74 Å². The molecule has 2 aromatic rings. The van der Waals surface area contributed by atoms with E-state index in [1.807, 2.05) is 0 Å². The Hall–Kier alpha value is -1.20. The highest BCUT2D eigenvalue weighted by Gasteiger charge is 2.13. The molecule has 0 fully saturated rings. The van der Waals surface area contributed by atoms with E-state index in [2.05, 4.69) is 36.1 Å². The highest BCUT2D eigenvalue weighted by molar-refractivity contribution is 7.18. The molecule has 98 valence electrons. The van der Waals surface area contributed by atoms with Crippen LogP contribution in [0.4, 0.5) is 5.82 Å². The minimum absolute atomic E-state index is 0.653. The molecule has 0 unspecified atom stereocenters. The lowest BCUT2D eigenvalue weighted by atomic mass is 10.2. The van der Waals surface area contributed by atoms with E-state index in [9.17, 15) is 0 Å². The summed E-state index contributed by atoms with van der Waals surface area (Å²) in [6, 6.07) is 0. The number of rotatable bonds is 5. The molecular weight excluding hydrogens is 246 g/mol. The Morgan fingerprint density at radius 1 is 1.28 bits per heavy atom. The number of anilines is 1. The van der Waals surface area contributed by atoms with E-state index in [1.54, 1.807) is 18.4 Å². The minimum Gasteiger partial charge on any atom is -0.384 e. The quantitative estimate of drug-likeness (QED) is 0.903. The van der Waals surface area contributed by atoms with Gasteiger partial charge >= 0.3 is 0 Å². The summed E-state index contributed by atoms with van der Waals surface area (Å²) in [5.41, 5.74) is 1.28. The van der Waals surface area contributed by atoms with Crippen LogP contribution in [0.25, 0.3) is 10.2 Å². The van der Waals surface area contributed by atoms with Crippen molar-refractivity contribution in [1.82, 2.24) is 9.97 Å². The summed E-state index contributed by atoms with van der Waals surface area (Å²) >= 11 is 1.73. The van der Waals surface area contributed by atoms with E-state index >= 15 is 0 Å². The first-order valence-electron chi connectivity index (χ1n) is 6.16. The highest BCUT2D eigenvalue weighted by atomic mass is 32.1. The Morgan fingerprint density at radius 2 is 2.06 bits per heavy atom. The van der Waals surface area contributed by atoms with Crippen molar-refractivity contribution in [2.45, 2.75) is 27.2 Å². The van der Waals surface area contributed by atoms with Crippen LogP contribution in [0.3, 0.4) is 0 Å². The summed E-state index contributed by atoms with van der Waals surface area (Å²) in [4.78, 5) is 11.6. The molecule has 0 aliphatic carbocycles. The average Bonchev–Trinajstić information content (AvgIpc) is 2.63. The first kappa shape index (κ1) is 13.2. The predicted molar refractivity (Wildman–Crippen MR) is 76.6 cm³/mol. The van der Waals surface area contributed by atoms with Crippen LogP contribution >= 0.6 is 11.3 Å². The van der Waals surface area contributed by atoms with Crippen molar-refractivity contribution in [2.75, 3.05) is 25.6 Å². The van der Waals surface area contributed by atoms with Crippen LogP contribution in [0, 0.1) is 13.8 Å². The molecule has 0 aliphatic heterocycles. The molecular formula is C13H19N3OS. The van der Waals surface area contributed by atoms with Crippen molar-refractivity contribution in [2.24, 2.45) is 0 Å². The predicted octanol–water partition coefficient (Wildman–Crippen LogP) is 2.93. The van der Waals surface area contributed by atoms with E-state index in [-0.39, 0.29) is 0 Å². The monoisotopic (exact) mass is 265 g/mol. The van der Waals surface area contributed by atoms with Gasteiger partial charge in [-0.15, -0.1) is 11.3 Å². The third-order valence-corrected chi connectivity index (χ3v) is 4.05. The van der Waals surface area contributed by atoms with Crippen LogP contribution < -0.4 is 5.32 Å². The molecule has 0 spiro atoms. The van der Waals surface area contributed by atoms with Crippen molar-refractivity contribution in [1.29, 1.82) is 0 Å². The number of thiophene rings is 1. The van der Waals surface area contributed by atoms with Gasteiger partial charge in [0.25, 0.3) is 0 Å². The minimum atomic E-state index is 0.653. The Kier molecular flexibility index (Phi) is 4.14. The van der Waals surface area contributed by atoms with Crippen LogP contribution in [-0.4, -0.2) is 30.2 Å². The van der Waals surface area contributed by atoms with Crippen molar-refractivity contribution in [3.8, 4) is 0 Å². The fourth-order valence-electron chi connectivity index (χ4n) is 1.89. The molecule has 0 amide bonds. The maximum Gasteiger partial charge on any atom is 0.138 e. The molecule has 0 saturated carbocycles. The first-order valence-corrected chi connectivity index (χ1v) is 6.98. The lowest BCUT2D eigenvalue weighted by Gasteiger charge is -2.07. The lowest BCUT2D eigenvalue weighted by Crippen LogP contribution is -2.06. The Bertz CT molecular complexity index is 551. The van der Waals surface area contributed by atoms with Crippen molar-refractivity contribution < 1.29 is 4.74 Å². The smallest absolute Gasteiger partial charge is 0.138 e. The number of nitrogens with one attached hydrogen (secondary N) is 1. The molecule has 0 bridgehead atoms. The maximum absolute atomic E-state index is 5.09. The topological polar surface area (TPSA) is 47.0 Å². The number of aryl methyl sites for hydroxylation is 2. The fraction of sp³-hybridized carbons (Fsp3) is 0.538. The molecule has 0 radical (unpaired) electrons. The molecule has 0 saturated heterocycles. The summed E-state index contributed by atoms with van der Waals surface area (Å²) in [5.74, 6) is 1.80. The summed E-state index contributed by atoms with van der Waals surface area (Å²) < 4.78 is 5.09. The van der Waals surface area contributed by atoms with Gasteiger partial charge in [-0.25, -0.2) is 9.97 Å². The second-order valence-electron chi connectivity index (χ2n) is 4.22. The van der Waals surface area contributed by atoms with Gasteiger partial charge in [-0.3, -0.25) is 0 Å². The summed E-state index contributed by atoms with van der Waals surface area (Å²) in [6.07, 6.45) is 0.751. The molecule has 0 aliphatic rings. The second-order valence-corrected chi connectivity index (χ2v) is 5.43. The highest BCUT2D eigenvalue weighted by Crippen LogP contribution is 2.33. The van der Waals surface area contributed by atoms with Crippen molar-refractivity contribution in [3.05, 3.63) is 16.3 Å². The van der Waals surface area contributed by atoms with E-state index in [1.165, 1.54) is 15.8 Å². The van der Waals surface area contributed by atoms with E-state index < -0.39 is 0 Å². The molecule has 0 aromatic carbocycles. The van der Waals surface area contributed by atoms with Gasteiger partial charge < -0.3 is 10.1 Å². The molecule has 2 heterocycles. The average molecular weight is 265 g/mol. The van der Waals surface area contributed by atoms with Gasteiger partial charge in [0.1, 0.15) is 16.5 Å². The largest absolute Gasteiger partial charge is 0.384 e. The van der Waals surface area contributed by atoms with E-state index in [0.717, 1.165) is 29.4 Å². The zero-order valence-electron chi connectivity index (χ0n) is 11.3. The summed E-state index contributed by atoms with van der Waals surface area (Å²) in [6.45, 7) is 7.86. The Balaban J connectivity index is 2.52. The Labute approximate surface area is 111 Å². The normalized spacial score (nSPS) is 11.1. The number of methoxy groups -OCH3 is 1.